The van der Waals surface area contributed by atoms with Gasteiger partial charge in [-0.25, -0.2) is 0 Å². The van der Waals surface area contributed by atoms with E-state index in [2.05, 4.69) is 0 Å². The van der Waals surface area contributed by atoms with Crippen molar-refractivity contribution in [2.45, 2.75) is 84.4 Å². The fourth-order valence-electron chi connectivity index (χ4n) is 5.30. The zero-order valence-electron chi connectivity index (χ0n) is 15.6. The quantitative estimate of drug-likeness (QED) is 0.521. The first-order valence-corrected chi connectivity index (χ1v) is 8.77. The van der Waals surface area contributed by atoms with E-state index in [9.17, 15) is 26.3 Å². The van der Waals surface area contributed by atoms with Gasteiger partial charge in [0.15, 0.2) is 0 Å². The molecule has 0 N–H and O–H groups in total. The second kappa shape index (κ2) is 5.77. The van der Waals surface area contributed by atoms with Gasteiger partial charge in [-0.05, 0) is 62.7 Å². The lowest BCUT2D eigenvalue weighted by atomic mass is 9.62. The van der Waals surface area contributed by atoms with Crippen LogP contribution < -0.4 is 0 Å². The summed E-state index contributed by atoms with van der Waals surface area (Å²) in [5.74, 6) is 0.518. The largest absolute Gasteiger partial charge is 0.426 e. The summed E-state index contributed by atoms with van der Waals surface area (Å²) in [6.07, 6.45) is -11.0. The van der Waals surface area contributed by atoms with E-state index in [1.54, 1.807) is 6.92 Å². The van der Waals surface area contributed by atoms with Crippen LogP contribution in [-0.4, -0.2) is 23.6 Å². The Morgan fingerprint density at radius 2 is 1.40 bits per heavy atom. The molecule has 148 valence electrons. The number of rotatable bonds is 3. The van der Waals surface area contributed by atoms with E-state index < -0.39 is 35.4 Å². The van der Waals surface area contributed by atoms with Crippen molar-refractivity contribution in [3.8, 4) is 0 Å². The highest BCUT2D eigenvalue weighted by atomic mass is 19.4. The molecule has 5 unspecified atom stereocenters. The highest BCUT2D eigenvalue weighted by Crippen LogP contribution is 2.66. The van der Waals surface area contributed by atoms with Crippen LogP contribution in [0.25, 0.3) is 0 Å². The van der Waals surface area contributed by atoms with Crippen LogP contribution in [0.1, 0.15) is 60.8 Å². The van der Waals surface area contributed by atoms with Crippen molar-refractivity contribution in [3.63, 3.8) is 0 Å². The normalized spacial score (nSPS) is 37.0. The van der Waals surface area contributed by atoms with E-state index in [1.807, 2.05) is 13.8 Å². The first-order valence-electron chi connectivity index (χ1n) is 8.77. The van der Waals surface area contributed by atoms with Crippen molar-refractivity contribution in [1.82, 2.24) is 0 Å². The molecule has 1 nitrogen and oxygen atoms in total. The second-order valence-corrected chi connectivity index (χ2v) is 9.39. The average Bonchev–Trinajstić information content (AvgIpc) is 2.81. The molecule has 2 bridgehead atoms. The first-order chi connectivity index (χ1) is 10.9. The molecule has 0 aromatic heterocycles. The zero-order valence-corrected chi connectivity index (χ0v) is 15.6. The molecule has 0 saturated heterocycles. The molecule has 0 aromatic carbocycles. The summed E-state index contributed by atoms with van der Waals surface area (Å²) in [5, 5.41) is 0. The van der Waals surface area contributed by atoms with Crippen LogP contribution in [0.2, 0.25) is 0 Å². The van der Waals surface area contributed by atoms with E-state index >= 15 is 0 Å². The van der Waals surface area contributed by atoms with Gasteiger partial charge in [0.05, 0.1) is 5.60 Å². The molecule has 0 amide bonds. The highest BCUT2D eigenvalue weighted by Gasteiger charge is 2.75. The number of ether oxygens (including phenoxy) is 1. The summed E-state index contributed by atoms with van der Waals surface area (Å²) < 4.78 is 87.6. The fourth-order valence-corrected chi connectivity index (χ4v) is 5.30. The van der Waals surface area contributed by atoms with E-state index in [1.165, 1.54) is 20.8 Å². The van der Waals surface area contributed by atoms with Gasteiger partial charge >= 0.3 is 12.4 Å². The predicted molar refractivity (Wildman–Crippen MR) is 82.9 cm³/mol. The lowest BCUT2D eigenvalue weighted by Crippen LogP contribution is -2.63. The van der Waals surface area contributed by atoms with Crippen LogP contribution in [0, 0.1) is 29.1 Å². The Hall–Kier alpha value is -0.460. The summed E-state index contributed by atoms with van der Waals surface area (Å²) in [5.41, 5.74) is -6.74. The molecular formula is C18H28F6O. The van der Waals surface area contributed by atoms with Crippen LogP contribution in [-0.2, 0) is 4.74 Å². The molecule has 0 radical (unpaired) electrons. The Labute approximate surface area is 145 Å². The van der Waals surface area contributed by atoms with E-state index in [0.29, 0.717) is 18.8 Å². The monoisotopic (exact) mass is 374 g/mol. The molecule has 25 heavy (non-hydrogen) atoms. The van der Waals surface area contributed by atoms with E-state index in [0.717, 1.165) is 0 Å². The van der Waals surface area contributed by atoms with Crippen LogP contribution in [0.3, 0.4) is 0 Å². The minimum atomic E-state index is -5.53. The van der Waals surface area contributed by atoms with E-state index in [4.69, 9.17) is 4.74 Å². The number of hydrogen-bond acceptors (Lipinski definition) is 1. The third kappa shape index (κ3) is 3.42. The smallest absolute Gasteiger partial charge is 0.352 e. The molecule has 0 heterocycles. The summed E-state index contributed by atoms with van der Waals surface area (Å²) in [4.78, 5) is 0. The third-order valence-corrected chi connectivity index (χ3v) is 6.44. The molecule has 0 spiro atoms. The van der Waals surface area contributed by atoms with Crippen LogP contribution >= 0.6 is 0 Å². The third-order valence-electron chi connectivity index (χ3n) is 6.44. The topological polar surface area (TPSA) is 9.23 Å². The Bertz CT molecular complexity index is 487. The molecule has 0 aromatic rings. The summed E-state index contributed by atoms with van der Waals surface area (Å²) >= 11 is 0. The van der Waals surface area contributed by atoms with Gasteiger partial charge in [-0.2, -0.15) is 26.3 Å². The minimum absolute atomic E-state index is 0.123. The number of fused-ring (bicyclic) bond motifs is 2. The standard InChI is InChI=1S/C18H28F6O/c1-10-11(2)13-7-12(10)8-15(13,6)9-16(17(19,20)21,18(22,23)24)25-14(3,4)5/h10-13H,7-9H2,1-6H3. The van der Waals surface area contributed by atoms with Crippen molar-refractivity contribution in [3.05, 3.63) is 0 Å². The molecule has 2 rings (SSSR count). The summed E-state index contributed by atoms with van der Waals surface area (Å²) in [6.45, 7) is 9.26. The molecule has 2 fully saturated rings. The number of halogens is 6. The highest BCUT2D eigenvalue weighted by molar-refractivity contribution is 5.10. The molecule has 2 aliphatic carbocycles. The van der Waals surface area contributed by atoms with Gasteiger partial charge in [-0.1, -0.05) is 20.8 Å². The van der Waals surface area contributed by atoms with Crippen molar-refractivity contribution in [2.24, 2.45) is 29.1 Å². The Balaban J connectivity index is 2.47. The molecule has 2 saturated carbocycles. The van der Waals surface area contributed by atoms with E-state index in [-0.39, 0.29) is 17.8 Å². The van der Waals surface area contributed by atoms with Crippen molar-refractivity contribution in [1.29, 1.82) is 0 Å². The maximum absolute atomic E-state index is 13.8. The van der Waals surface area contributed by atoms with Crippen molar-refractivity contribution in [2.75, 3.05) is 0 Å². The average molecular weight is 374 g/mol. The summed E-state index contributed by atoms with van der Waals surface area (Å²) in [6, 6.07) is 0. The summed E-state index contributed by atoms with van der Waals surface area (Å²) in [7, 11) is 0. The molecular weight excluding hydrogens is 346 g/mol. The van der Waals surface area contributed by atoms with Gasteiger partial charge in [0.2, 0.25) is 0 Å². The molecule has 5 atom stereocenters. The van der Waals surface area contributed by atoms with Gasteiger partial charge in [-0.3, -0.25) is 0 Å². The van der Waals surface area contributed by atoms with Gasteiger partial charge in [0, 0.05) is 6.42 Å². The fraction of sp³-hybridized carbons (Fsp3) is 1.00. The minimum Gasteiger partial charge on any atom is -0.352 e. The SMILES string of the molecule is CC1C2CC(C1C)C(C)(CC(OC(C)(C)C)(C(F)(F)F)C(F)(F)F)C2. The Kier molecular flexibility index (Phi) is 4.81. The second-order valence-electron chi connectivity index (χ2n) is 9.39. The molecule has 7 heteroatoms. The number of alkyl halides is 6. The van der Waals surface area contributed by atoms with Gasteiger partial charge < -0.3 is 4.74 Å². The first kappa shape index (κ1) is 20.8. The van der Waals surface area contributed by atoms with Gasteiger partial charge in [-0.15, -0.1) is 0 Å². The maximum atomic E-state index is 13.8. The lowest BCUT2D eigenvalue weighted by Gasteiger charge is -2.49. The Morgan fingerprint density at radius 1 is 0.920 bits per heavy atom. The molecule has 2 aliphatic rings. The maximum Gasteiger partial charge on any atom is 0.426 e. The zero-order chi connectivity index (χ0) is 19.6. The van der Waals surface area contributed by atoms with Crippen LogP contribution in [0.5, 0.6) is 0 Å². The van der Waals surface area contributed by atoms with Crippen molar-refractivity contribution < 1.29 is 31.1 Å². The Morgan fingerprint density at radius 3 is 1.72 bits per heavy atom. The molecule has 0 aliphatic heterocycles. The van der Waals surface area contributed by atoms with Gasteiger partial charge in [0.25, 0.3) is 5.60 Å². The number of hydrogen-bond donors (Lipinski definition) is 0. The van der Waals surface area contributed by atoms with Crippen LogP contribution in [0.15, 0.2) is 0 Å². The van der Waals surface area contributed by atoms with Crippen LogP contribution in [0.4, 0.5) is 26.3 Å². The van der Waals surface area contributed by atoms with Crippen molar-refractivity contribution >= 4 is 0 Å². The predicted octanol–water partition coefficient (Wildman–Crippen LogP) is 6.37. The van der Waals surface area contributed by atoms with Gasteiger partial charge in [0.1, 0.15) is 0 Å². The lowest BCUT2D eigenvalue weighted by molar-refractivity contribution is -0.407.